The highest BCUT2D eigenvalue weighted by Crippen LogP contribution is 2.14. The van der Waals surface area contributed by atoms with E-state index < -0.39 is 0 Å². The molecule has 0 amide bonds. The molecule has 4 nitrogen and oxygen atoms in total. The zero-order valence-corrected chi connectivity index (χ0v) is 9.70. The quantitative estimate of drug-likeness (QED) is 0.660. The molecular formula is C12H9N3OS. The number of imidazole rings is 1. The van der Waals surface area contributed by atoms with Crippen molar-refractivity contribution in [3.05, 3.63) is 47.8 Å². The number of carbonyl (C=O) groups is 1. The van der Waals surface area contributed by atoms with Crippen molar-refractivity contribution < 1.29 is 4.79 Å². The molecule has 17 heavy (non-hydrogen) atoms. The van der Waals surface area contributed by atoms with E-state index >= 15 is 0 Å². The Morgan fingerprint density at radius 3 is 2.76 bits per heavy atom. The Balaban J connectivity index is 1.97. The van der Waals surface area contributed by atoms with Crippen LogP contribution in [0.1, 0.15) is 15.9 Å². The van der Waals surface area contributed by atoms with Crippen LogP contribution < -0.4 is 0 Å². The van der Waals surface area contributed by atoms with Crippen molar-refractivity contribution in [1.29, 1.82) is 5.26 Å². The number of Topliss-reactive ketones (excluding diaryl/α,β-unsaturated/α-hetero) is 1. The third-order valence-electron chi connectivity index (χ3n) is 2.15. The van der Waals surface area contributed by atoms with Gasteiger partial charge in [-0.25, -0.2) is 4.98 Å². The van der Waals surface area contributed by atoms with Gasteiger partial charge in [-0.2, -0.15) is 5.26 Å². The van der Waals surface area contributed by atoms with Gasteiger partial charge in [0.1, 0.15) is 0 Å². The van der Waals surface area contributed by atoms with Crippen LogP contribution in [0.15, 0.2) is 41.8 Å². The van der Waals surface area contributed by atoms with Crippen molar-refractivity contribution in [2.24, 2.45) is 0 Å². The first-order valence-electron chi connectivity index (χ1n) is 4.95. The van der Waals surface area contributed by atoms with Gasteiger partial charge in [0, 0.05) is 18.0 Å². The molecule has 1 N–H and O–H groups in total. The van der Waals surface area contributed by atoms with E-state index in [0.29, 0.717) is 16.9 Å². The molecule has 0 saturated heterocycles. The normalized spacial score (nSPS) is 9.82. The summed E-state index contributed by atoms with van der Waals surface area (Å²) in [5.74, 6) is 0.357. The fraction of sp³-hybridized carbons (Fsp3) is 0.0833. The first-order chi connectivity index (χ1) is 8.29. The molecule has 0 unspecified atom stereocenters. The van der Waals surface area contributed by atoms with Crippen molar-refractivity contribution >= 4 is 17.5 Å². The maximum absolute atomic E-state index is 11.8. The molecule has 0 saturated carbocycles. The lowest BCUT2D eigenvalue weighted by atomic mass is 10.1. The number of hydrogen-bond acceptors (Lipinski definition) is 4. The van der Waals surface area contributed by atoms with E-state index in [0.717, 1.165) is 5.16 Å². The molecule has 0 radical (unpaired) electrons. The fourth-order valence-corrected chi connectivity index (χ4v) is 2.00. The Morgan fingerprint density at radius 2 is 2.18 bits per heavy atom. The molecule has 0 fully saturated rings. The van der Waals surface area contributed by atoms with Crippen molar-refractivity contribution in [2.75, 3.05) is 5.75 Å². The average molecular weight is 243 g/mol. The molecule has 0 aliphatic rings. The third kappa shape index (κ3) is 2.95. The van der Waals surface area contributed by atoms with Gasteiger partial charge < -0.3 is 4.98 Å². The van der Waals surface area contributed by atoms with Crippen LogP contribution in [0.5, 0.6) is 0 Å². The summed E-state index contributed by atoms with van der Waals surface area (Å²) in [5, 5.41) is 9.37. The van der Waals surface area contributed by atoms with Gasteiger partial charge >= 0.3 is 0 Å². The highest BCUT2D eigenvalue weighted by Gasteiger charge is 2.07. The number of nitrogens with one attached hydrogen (secondary N) is 1. The summed E-state index contributed by atoms with van der Waals surface area (Å²) in [5.41, 5.74) is 1.17. The Kier molecular flexibility index (Phi) is 3.58. The lowest BCUT2D eigenvalue weighted by Crippen LogP contribution is -2.02. The van der Waals surface area contributed by atoms with Crippen LogP contribution >= 0.6 is 11.8 Å². The van der Waals surface area contributed by atoms with E-state index in [2.05, 4.69) is 9.97 Å². The van der Waals surface area contributed by atoms with Gasteiger partial charge in [-0.15, -0.1) is 0 Å². The first-order valence-corrected chi connectivity index (χ1v) is 5.93. The van der Waals surface area contributed by atoms with Gasteiger partial charge in [0.2, 0.25) is 0 Å². The molecule has 1 aromatic heterocycles. The number of aromatic nitrogens is 2. The van der Waals surface area contributed by atoms with Crippen LogP contribution in [-0.4, -0.2) is 21.5 Å². The minimum Gasteiger partial charge on any atom is -0.340 e. The second kappa shape index (κ2) is 5.32. The average Bonchev–Trinajstić information content (AvgIpc) is 2.89. The standard InChI is InChI=1S/C12H9N3OS/c13-7-9-1-3-10(4-2-9)11(16)8-17-12-14-5-6-15-12/h1-6H,8H2,(H,14,15). The summed E-state index contributed by atoms with van der Waals surface area (Å²) >= 11 is 1.36. The minimum absolute atomic E-state index is 0.0240. The molecule has 2 rings (SSSR count). The van der Waals surface area contributed by atoms with E-state index in [-0.39, 0.29) is 5.78 Å². The molecule has 1 aromatic carbocycles. The molecule has 2 aromatic rings. The number of aromatic amines is 1. The maximum atomic E-state index is 11.8. The summed E-state index contributed by atoms with van der Waals surface area (Å²) in [6.07, 6.45) is 3.36. The highest BCUT2D eigenvalue weighted by molar-refractivity contribution is 7.99. The van der Waals surface area contributed by atoms with Crippen LogP contribution in [0.2, 0.25) is 0 Å². The molecule has 0 spiro atoms. The SMILES string of the molecule is N#Cc1ccc(C(=O)CSc2ncc[nH]2)cc1. The second-order valence-corrected chi connectivity index (χ2v) is 4.26. The number of nitriles is 1. The molecule has 5 heteroatoms. The van der Waals surface area contributed by atoms with Gasteiger partial charge in [0.15, 0.2) is 10.9 Å². The number of benzene rings is 1. The van der Waals surface area contributed by atoms with Crippen LogP contribution in [0, 0.1) is 11.3 Å². The zero-order valence-electron chi connectivity index (χ0n) is 8.88. The predicted octanol–water partition coefficient (Wildman–Crippen LogP) is 2.26. The lowest BCUT2D eigenvalue weighted by molar-refractivity contribution is 0.102. The largest absolute Gasteiger partial charge is 0.340 e. The summed E-state index contributed by atoms with van der Waals surface area (Å²) in [4.78, 5) is 18.7. The summed E-state index contributed by atoms with van der Waals surface area (Å²) in [7, 11) is 0. The molecule has 0 aliphatic carbocycles. The second-order valence-electron chi connectivity index (χ2n) is 3.30. The Bertz CT molecular complexity index is 540. The first kappa shape index (κ1) is 11.4. The van der Waals surface area contributed by atoms with E-state index in [1.807, 2.05) is 6.07 Å². The van der Waals surface area contributed by atoms with Crippen molar-refractivity contribution in [3.63, 3.8) is 0 Å². The highest BCUT2D eigenvalue weighted by atomic mass is 32.2. The van der Waals surface area contributed by atoms with E-state index in [9.17, 15) is 4.79 Å². The van der Waals surface area contributed by atoms with Crippen molar-refractivity contribution in [1.82, 2.24) is 9.97 Å². The van der Waals surface area contributed by atoms with E-state index in [1.165, 1.54) is 11.8 Å². The number of ketones is 1. The van der Waals surface area contributed by atoms with Crippen LogP contribution in [0.25, 0.3) is 0 Å². The summed E-state index contributed by atoms with van der Waals surface area (Å²) in [6.45, 7) is 0. The molecule has 0 bridgehead atoms. The van der Waals surface area contributed by atoms with Gasteiger partial charge in [-0.3, -0.25) is 4.79 Å². The smallest absolute Gasteiger partial charge is 0.173 e. The van der Waals surface area contributed by atoms with E-state index in [4.69, 9.17) is 5.26 Å². The number of carbonyl (C=O) groups excluding carboxylic acids is 1. The summed E-state index contributed by atoms with van der Waals surface area (Å²) in [6, 6.07) is 8.64. The third-order valence-corrected chi connectivity index (χ3v) is 3.05. The van der Waals surface area contributed by atoms with Crippen LogP contribution in [0.4, 0.5) is 0 Å². The van der Waals surface area contributed by atoms with Gasteiger partial charge in [0.25, 0.3) is 0 Å². The topological polar surface area (TPSA) is 69.5 Å². The van der Waals surface area contributed by atoms with Crippen LogP contribution in [0.3, 0.4) is 0 Å². The molecule has 0 atom stereocenters. The van der Waals surface area contributed by atoms with Gasteiger partial charge in [0.05, 0.1) is 17.4 Å². The number of nitrogens with zero attached hydrogens (tertiary/aromatic N) is 2. The van der Waals surface area contributed by atoms with Gasteiger partial charge in [-0.05, 0) is 12.1 Å². The molecule has 84 valence electrons. The molecule has 1 heterocycles. The minimum atomic E-state index is 0.0240. The Morgan fingerprint density at radius 1 is 1.41 bits per heavy atom. The summed E-state index contributed by atoms with van der Waals surface area (Å²) < 4.78 is 0. The number of rotatable bonds is 4. The Labute approximate surface area is 103 Å². The number of H-pyrrole nitrogens is 1. The van der Waals surface area contributed by atoms with Crippen molar-refractivity contribution in [2.45, 2.75) is 5.16 Å². The number of thioether (sulfide) groups is 1. The predicted molar refractivity (Wildman–Crippen MR) is 64.8 cm³/mol. The van der Waals surface area contributed by atoms with Crippen molar-refractivity contribution in [3.8, 4) is 6.07 Å². The number of hydrogen-bond donors (Lipinski definition) is 1. The zero-order chi connectivity index (χ0) is 12.1. The fourth-order valence-electron chi connectivity index (χ4n) is 1.28. The van der Waals surface area contributed by atoms with E-state index in [1.54, 1.807) is 36.7 Å². The molecule has 0 aliphatic heterocycles. The van der Waals surface area contributed by atoms with Gasteiger partial charge in [-0.1, -0.05) is 23.9 Å². The van der Waals surface area contributed by atoms with Crippen LogP contribution in [-0.2, 0) is 0 Å². The monoisotopic (exact) mass is 243 g/mol. The Hall–Kier alpha value is -2.06. The molecular weight excluding hydrogens is 234 g/mol. The lowest BCUT2D eigenvalue weighted by Gasteiger charge is -1.99. The maximum Gasteiger partial charge on any atom is 0.173 e.